The molecular formula is C13H19N3S. The van der Waals surface area contributed by atoms with Crippen molar-refractivity contribution in [3.05, 3.63) is 30.1 Å². The molecule has 0 amide bonds. The van der Waals surface area contributed by atoms with E-state index in [0.717, 1.165) is 23.9 Å². The molecule has 1 unspecified atom stereocenters. The third kappa shape index (κ3) is 2.07. The first-order chi connectivity index (χ1) is 8.07. The van der Waals surface area contributed by atoms with Gasteiger partial charge in [-0.1, -0.05) is 32.1 Å². The van der Waals surface area contributed by atoms with Crippen molar-refractivity contribution in [1.82, 2.24) is 15.2 Å². The smallest absolute Gasteiger partial charge is 0.0902 e. The topological polar surface area (TPSA) is 28.2 Å². The minimum absolute atomic E-state index is 0.163. The van der Waals surface area contributed by atoms with Gasteiger partial charge < -0.3 is 5.32 Å². The molecule has 0 aliphatic carbocycles. The van der Waals surface area contributed by atoms with Crippen LogP contribution in [0.2, 0.25) is 0 Å². The van der Waals surface area contributed by atoms with Crippen molar-refractivity contribution in [2.75, 3.05) is 20.3 Å². The summed E-state index contributed by atoms with van der Waals surface area (Å²) in [7, 11) is 2.11. The zero-order valence-electron chi connectivity index (χ0n) is 10.6. The second-order valence-electron chi connectivity index (χ2n) is 5.02. The summed E-state index contributed by atoms with van der Waals surface area (Å²) in [6.45, 7) is 6.16. The van der Waals surface area contributed by atoms with E-state index in [2.05, 4.69) is 42.2 Å². The molecule has 1 aliphatic rings. The molecule has 0 aromatic carbocycles. The van der Waals surface area contributed by atoms with Crippen LogP contribution >= 0.6 is 12.2 Å². The highest BCUT2D eigenvalue weighted by Gasteiger charge is 2.44. The summed E-state index contributed by atoms with van der Waals surface area (Å²) in [4.78, 5) is 7.70. The molecule has 1 saturated heterocycles. The van der Waals surface area contributed by atoms with Gasteiger partial charge in [0.05, 0.1) is 22.8 Å². The molecule has 1 atom stereocenters. The van der Waals surface area contributed by atoms with E-state index in [1.165, 1.54) is 0 Å². The van der Waals surface area contributed by atoms with Crippen molar-refractivity contribution in [2.24, 2.45) is 5.92 Å². The molecule has 1 aromatic heterocycles. The lowest BCUT2D eigenvalue weighted by molar-refractivity contribution is 0.211. The molecular weight excluding hydrogens is 230 g/mol. The van der Waals surface area contributed by atoms with Crippen LogP contribution < -0.4 is 5.32 Å². The summed E-state index contributed by atoms with van der Waals surface area (Å²) in [6, 6.07) is 6.05. The Labute approximate surface area is 108 Å². The number of hydrogen-bond acceptors (Lipinski definition) is 3. The molecule has 17 heavy (non-hydrogen) atoms. The van der Waals surface area contributed by atoms with Gasteiger partial charge in [-0.05, 0) is 25.1 Å². The Morgan fingerprint density at radius 2 is 2.24 bits per heavy atom. The molecule has 1 N–H and O–H groups in total. The van der Waals surface area contributed by atoms with E-state index in [9.17, 15) is 0 Å². The van der Waals surface area contributed by atoms with Crippen molar-refractivity contribution < 1.29 is 0 Å². The highest BCUT2D eigenvalue weighted by atomic mass is 32.1. The molecule has 2 heterocycles. The molecule has 0 bridgehead atoms. The fourth-order valence-corrected chi connectivity index (χ4v) is 2.95. The number of nitrogens with zero attached hydrogens (tertiary/aromatic N) is 2. The molecule has 3 nitrogen and oxygen atoms in total. The maximum atomic E-state index is 5.57. The van der Waals surface area contributed by atoms with Gasteiger partial charge in [-0.2, -0.15) is 0 Å². The first-order valence-electron chi connectivity index (χ1n) is 5.95. The van der Waals surface area contributed by atoms with Crippen molar-refractivity contribution >= 4 is 17.2 Å². The van der Waals surface area contributed by atoms with E-state index in [-0.39, 0.29) is 5.41 Å². The van der Waals surface area contributed by atoms with Crippen LogP contribution in [-0.4, -0.2) is 35.1 Å². The summed E-state index contributed by atoms with van der Waals surface area (Å²) in [5.41, 5.74) is 0.905. The fraction of sp³-hybridized carbons (Fsp3) is 0.538. The number of thiocarbonyl (C=S) groups is 1. The van der Waals surface area contributed by atoms with Gasteiger partial charge in [0.15, 0.2) is 0 Å². The lowest BCUT2D eigenvalue weighted by atomic mass is 9.72. The van der Waals surface area contributed by atoms with Crippen LogP contribution in [0.1, 0.15) is 19.5 Å². The lowest BCUT2D eigenvalue weighted by Gasteiger charge is -2.45. The Kier molecular flexibility index (Phi) is 3.45. The van der Waals surface area contributed by atoms with Crippen LogP contribution in [0.3, 0.4) is 0 Å². The van der Waals surface area contributed by atoms with Crippen LogP contribution in [0.25, 0.3) is 0 Å². The molecule has 0 spiro atoms. The van der Waals surface area contributed by atoms with Gasteiger partial charge >= 0.3 is 0 Å². The Bertz CT molecular complexity index is 404. The van der Waals surface area contributed by atoms with E-state index in [4.69, 9.17) is 12.2 Å². The molecule has 2 rings (SSSR count). The number of pyridine rings is 1. The van der Waals surface area contributed by atoms with E-state index in [1.807, 2.05) is 18.3 Å². The predicted octanol–water partition coefficient (Wildman–Crippen LogP) is 1.80. The zero-order chi connectivity index (χ0) is 12.5. The SMILES string of the molecule is CC(C)C1(c2ccccn2)CN(C)CNC1=S. The Morgan fingerprint density at radius 1 is 1.47 bits per heavy atom. The minimum atomic E-state index is -0.163. The monoisotopic (exact) mass is 249 g/mol. The average Bonchev–Trinajstić information content (AvgIpc) is 2.33. The number of aromatic nitrogens is 1. The Balaban J connectivity index is 2.48. The molecule has 92 valence electrons. The minimum Gasteiger partial charge on any atom is -0.366 e. The summed E-state index contributed by atoms with van der Waals surface area (Å²) in [5.74, 6) is 0.417. The summed E-state index contributed by atoms with van der Waals surface area (Å²) < 4.78 is 0. The first-order valence-corrected chi connectivity index (χ1v) is 6.36. The highest BCUT2D eigenvalue weighted by Crippen LogP contribution is 2.34. The van der Waals surface area contributed by atoms with Gasteiger partial charge in [0.25, 0.3) is 0 Å². The first kappa shape index (κ1) is 12.5. The Morgan fingerprint density at radius 3 is 2.82 bits per heavy atom. The van der Waals surface area contributed by atoms with Crippen LogP contribution in [-0.2, 0) is 5.41 Å². The summed E-state index contributed by atoms with van der Waals surface area (Å²) >= 11 is 5.57. The van der Waals surface area contributed by atoms with Crippen LogP contribution in [0.4, 0.5) is 0 Å². The van der Waals surface area contributed by atoms with E-state index in [0.29, 0.717) is 5.92 Å². The quantitative estimate of drug-likeness (QED) is 0.809. The summed E-state index contributed by atoms with van der Waals surface area (Å²) in [5, 5.41) is 3.32. The largest absolute Gasteiger partial charge is 0.366 e. The number of nitrogens with one attached hydrogen (secondary N) is 1. The third-order valence-electron chi connectivity index (χ3n) is 3.54. The number of likely N-dealkylation sites (N-methyl/N-ethyl adjacent to an activating group) is 1. The van der Waals surface area contributed by atoms with Gasteiger partial charge in [-0.3, -0.25) is 9.88 Å². The predicted molar refractivity (Wildman–Crippen MR) is 74.0 cm³/mol. The lowest BCUT2D eigenvalue weighted by Crippen LogP contribution is -2.60. The van der Waals surface area contributed by atoms with E-state index < -0.39 is 0 Å². The molecule has 1 fully saturated rings. The fourth-order valence-electron chi connectivity index (χ4n) is 2.48. The maximum Gasteiger partial charge on any atom is 0.0902 e. The summed E-state index contributed by atoms with van der Waals surface area (Å²) in [6.07, 6.45) is 1.84. The second-order valence-corrected chi connectivity index (χ2v) is 5.43. The maximum absolute atomic E-state index is 5.57. The van der Waals surface area contributed by atoms with E-state index in [1.54, 1.807) is 0 Å². The second kappa shape index (κ2) is 4.70. The molecule has 4 heteroatoms. The van der Waals surface area contributed by atoms with Gasteiger partial charge in [0.1, 0.15) is 0 Å². The van der Waals surface area contributed by atoms with Crippen molar-refractivity contribution in [3.63, 3.8) is 0 Å². The number of hydrogen-bond donors (Lipinski definition) is 1. The molecule has 1 aliphatic heterocycles. The zero-order valence-corrected chi connectivity index (χ0v) is 11.4. The van der Waals surface area contributed by atoms with Crippen LogP contribution in [0.15, 0.2) is 24.4 Å². The van der Waals surface area contributed by atoms with Crippen molar-refractivity contribution in [2.45, 2.75) is 19.3 Å². The Hall–Kier alpha value is -1.00. The van der Waals surface area contributed by atoms with Gasteiger partial charge in [-0.15, -0.1) is 0 Å². The van der Waals surface area contributed by atoms with E-state index >= 15 is 0 Å². The number of rotatable bonds is 2. The van der Waals surface area contributed by atoms with Gasteiger partial charge in [-0.25, -0.2) is 0 Å². The normalized spacial score (nSPS) is 26.0. The molecule has 0 radical (unpaired) electrons. The van der Waals surface area contributed by atoms with Crippen molar-refractivity contribution in [3.8, 4) is 0 Å². The highest BCUT2D eigenvalue weighted by molar-refractivity contribution is 7.80. The third-order valence-corrected chi connectivity index (χ3v) is 4.05. The molecule has 0 saturated carbocycles. The van der Waals surface area contributed by atoms with Gasteiger partial charge in [0.2, 0.25) is 0 Å². The van der Waals surface area contributed by atoms with Crippen molar-refractivity contribution in [1.29, 1.82) is 0 Å². The van der Waals surface area contributed by atoms with Gasteiger partial charge in [0, 0.05) is 12.7 Å². The molecule has 1 aromatic rings. The average molecular weight is 249 g/mol. The van der Waals surface area contributed by atoms with Crippen LogP contribution in [0, 0.1) is 5.92 Å². The standard InChI is InChI=1S/C13H19N3S/c1-10(2)13(11-6-4-5-7-14-11)8-16(3)9-15-12(13)17/h4-7,10H,8-9H2,1-3H3,(H,15,17). The van der Waals surface area contributed by atoms with Crippen LogP contribution in [0.5, 0.6) is 0 Å².